The Labute approximate surface area is 189 Å². The maximum atomic E-state index is 13.8. The minimum absolute atomic E-state index is 0.0424. The van der Waals surface area contributed by atoms with E-state index in [0.717, 1.165) is 44.4 Å². The van der Waals surface area contributed by atoms with Crippen molar-refractivity contribution >= 4 is 39.1 Å². The zero-order valence-electron chi connectivity index (χ0n) is 18.0. The highest BCUT2D eigenvalue weighted by atomic mass is 32.2. The van der Waals surface area contributed by atoms with E-state index in [1.54, 1.807) is 23.1 Å². The van der Waals surface area contributed by atoms with Gasteiger partial charge in [0.2, 0.25) is 5.78 Å². The number of fused-ring (bicyclic) bond motifs is 5. The number of aryl methyl sites for hydroxylation is 2. The number of aromatic nitrogens is 4. The summed E-state index contributed by atoms with van der Waals surface area (Å²) in [6.07, 6.45) is 1.70. The molecule has 4 aromatic rings. The molecule has 1 atom stereocenters. The fraction of sp³-hybridized carbons (Fsp3) is 0.435. The van der Waals surface area contributed by atoms with Gasteiger partial charge in [0.1, 0.15) is 4.83 Å². The zero-order valence-corrected chi connectivity index (χ0v) is 19.6. The number of benzene rings is 1. The third-order valence-corrected chi connectivity index (χ3v) is 7.91. The maximum absolute atomic E-state index is 13.8. The van der Waals surface area contributed by atoms with Gasteiger partial charge in [-0.3, -0.25) is 9.36 Å². The van der Waals surface area contributed by atoms with Crippen LogP contribution in [0.4, 0.5) is 0 Å². The Balaban J connectivity index is 1.71. The number of hydrogen-bond acceptors (Lipinski definition) is 6. The van der Waals surface area contributed by atoms with E-state index in [2.05, 4.69) is 47.5 Å². The molecule has 4 heterocycles. The molecule has 162 valence electrons. The van der Waals surface area contributed by atoms with Crippen LogP contribution in [0.3, 0.4) is 0 Å². The van der Waals surface area contributed by atoms with Crippen molar-refractivity contribution in [3.05, 3.63) is 56.7 Å². The maximum Gasteiger partial charge on any atom is 0.263 e. The number of ether oxygens (including phenoxy) is 1. The average Bonchev–Trinajstić information content (AvgIpc) is 3.35. The predicted molar refractivity (Wildman–Crippen MR) is 126 cm³/mol. The van der Waals surface area contributed by atoms with Gasteiger partial charge in [0, 0.05) is 17.8 Å². The van der Waals surface area contributed by atoms with E-state index in [9.17, 15) is 4.79 Å². The summed E-state index contributed by atoms with van der Waals surface area (Å²) in [5.74, 6) is 1.94. The van der Waals surface area contributed by atoms with Crippen molar-refractivity contribution in [3.63, 3.8) is 0 Å². The molecule has 0 spiro atoms. The highest BCUT2D eigenvalue weighted by Gasteiger charge is 2.29. The van der Waals surface area contributed by atoms with E-state index in [0.29, 0.717) is 24.8 Å². The Bertz CT molecular complexity index is 1290. The van der Waals surface area contributed by atoms with Gasteiger partial charge < -0.3 is 4.74 Å². The first kappa shape index (κ1) is 20.7. The topological polar surface area (TPSA) is 61.4 Å². The normalized spacial score (nSPS) is 16.5. The molecule has 0 fully saturated rings. The number of hydrogen-bond donors (Lipinski definition) is 0. The molecule has 1 unspecified atom stereocenters. The Morgan fingerprint density at radius 1 is 1.26 bits per heavy atom. The van der Waals surface area contributed by atoms with Crippen LogP contribution in [-0.2, 0) is 30.7 Å². The van der Waals surface area contributed by atoms with Crippen LogP contribution in [0.25, 0.3) is 16.0 Å². The minimum atomic E-state index is 0.0424. The van der Waals surface area contributed by atoms with E-state index in [1.807, 2.05) is 22.8 Å². The first-order chi connectivity index (χ1) is 15.1. The predicted octanol–water partition coefficient (Wildman–Crippen LogP) is 4.56. The number of thioether (sulfide) groups is 1. The van der Waals surface area contributed by atoms with Crippen molar-refractivity contribution in [2.45, 2.75) is 58.0 Å². The third kappa shape index (κ3) is 3.60. The van der Waals surface area contributed by atoms with Gasteiger partial charge in [-0.25, -0.2) is 4.40 Å². The summed E-state index contributed by atoms with van der Waals surface area (Å²) < 4.78 is 10.00. The van der Waals surface area contributed by atoms with E-state index >= 15 is 0 Å². The van der Waals surface area contributed by atoms with Crippen molar-refractivity contribution in [1.29, 1.82) is 0 Å². The summed E-state index contributed by atoms with van der Waals surface area (Å²) in [6.45, 7) is 7.61. The smallest absolute Gasteiger partial charge is 0.263 e. The van der Waals surface area contributed by atoms with Crippen molar-refractivity contribution in [1.82, 2.24) is 19.2 Å². The molecule has 0 aliphatic carbocycles. The standard InChI is InChI=1S/C23H26N4O2S2/c1-4-30-23-25-24-22-26(11-10-15-8-6-5-7-9-15)20(28)19-16-12-17(14(2)3)29-13-18(16)31-21(19)27(22)23/h5-9,14,17H,4,10-13H2,1-3H3. The molecule has 0 amide bonds. The highest BCUT2D eigenvalue weighted by molar-refractivity contribution is 7.99. The van der Waals surface area contributed by atoms with Gasteiger partial charge in [-0.1, -0.05) is 62.9 Å². The second-order valence-electron chi connectivity index (χ2n) is 8.22. The molecule has 0 N–H and O–H groups in total. The summed E-state index contributed by atoms with van der Waals surface area (Å²) in [6, 6.07) is 10.3. The summed E-state index contributed by atoms with van der Waals surface area (Å²) in [4.78, 5) is 15.9. The molecule has 1 aromatic carbocycles. The molecular formula is C23H26N4O2S2. The van der Waals surface area contributed by atoms with Gasteiger partial charge in [-0.15, -0.1) is 21.5 Å². The van der Waals surface area contributed by atoms with Crippen molar-refractivity contribution < 1.29 is 4.74 Å². The summed E-state index contributed by atoms with van der Waals surface area (Å²) >= 11 is 3.31. The van der Waals surface area contributed by atoms with Crippen LogP contribution in [-0.4, -0.2) is 31.0 Å². The molecule has 3 aromatic heterocycles. The Morgan fingerprint density at radius 2 is 2.06 bits per heavy atom. The Hall–Kier alpha value is -2.16. The van der Waals surface area contributed by atoms with Gasteiger partial charge in [-0.05, 0) is 29.2 Å². The number of nitrogens with zero attached hydrogens (tertiary/aromatic N) is 4. The monoisotopic (exact) mass is 454 g/mol. The lowest BCUT2D eigenvalue weighted by Gasteiger charge is -2.26. The highest BCUT2D eigenvalue weighted by Crippen LogP contribution is 2.37. The third-order valence-electron chi connectivity index (χ3n) is 5.91. The second-order valence-corrected chi connectivity index (χ2v) is 10.5. The first-order valence-corrected chi connectivity index (χ1v) is 12.6. The average molecular weight is 455 g/mol. The lowest BCUT2D eigenvalue weighted by atomic mass is 9.96. The SMILES string of the molecule is CCSc1nnc2n(CCc3ccccc3)c(=O)c3c4c(sc3n12)COC(C(C)C)C4. The largest absolute Gasteiger partial charge is 0.372 e. The van der Waals surface area contributed by atoms with Crippen LogP contribution in [0.2, 0.25) is 0 Å². The number of rotatable bonds is 6. The second kappa shape index (κ2) is 8.41. The molecule has 5 rings (SSSR count). The van der Waals surface area contributed by atoms with Crippen LogP contribution in [0.15, 0.2) is 40.3 Å². The molecule has 1 aliphatic heterocycles. The molecule has 31 heavy (non-hydrogen) atoms. The van der Waals surface area contributed by atoms with E-state index in [1.165, 1.54) is 5.56 Å². The van der Waals surface area contributed by atoms with Crippen molar-refractivity contribution in [2.24, 2.45) is 5.92 Å². The molecule has 6 nitrogen and oxygen atoms in total. The van der Waals surface area contributed by atoms with Gasteiger partial charge in [0.05, 0.1) is 18.1 Å². The minimum Gasteiger partial charge on any atom is -0.372 e. The summed E-state index contributed by atoms with van der Waals surface area (Å²) in [5.41, 5.74) is 2.41. The lowest BCUT2D eigenvalue weighted by molar-refractivity contribution is 0.00200. The molecule has 0 bridgehead atoms. The molecule has 0 saturated heterocycles. The van der Waals surface area contributed by atoms with Crippen LogP contribution in [0, 0.1) is 5.92 Å². The van der Waals surface area contributed by atoms with Gasteiger partial charge in [-0.2, -0.15) is 0 Å². The van der Waals surface area contributed by atoms with Crippen molar-refractivity contribution in [3.8, 4) is 0 Å². The molecular weight excluding hydrogens is 428 g/mol. The van der Waals surface area contributed by atoms with E-state index in [-0.39, 0.29) is 11.7 Å². The van der Waals surface area contributed by atoms with E-state index in [4.69, 9.17) is 4.74 Å². The summed E-state index contributed by atoms with van der Waals surface area (Å²) in [5, 5.41) is 10.5. The number of thiophene rings is 1. The van der Waals surface area contributed by atoms with Crippen LogP contribution in [0.5, 0.6) is 0 Å². The first-order valence-electron chi connectivity index (χ1n) is 10.8. The lowest BCUT2D eigenvalue weighted by Crippen LogP contribution is -2.29. The molecule has 0 saturated carbocycles. The Kier molecular flexibility index (Phi) is 5.62. The fourth-order valence-electron chi connectivity index (χ4n) is 4.23. The quantitative estimate of drug-likeness (QED) is 0.400. The van der Waals surface area contributed by atoms with Crippen LogP contribution >= 0.6 is 23.1 Å². The fourth-order valence-corrected chi connectivity index (χ4v) is 6.19. The van der Waals surface area contributed by atoms with Crippen LogP contribution in [0.1, 0.15) is 36.8 Å². The van der Waals surface area contributed by atoms with Crippen LogP contribution < -0.4 is 5.56 Å². The van der Waals surface area contributed by atoms with E-state index < -0.39 is 0 Å². The molecule has 1 aliphatic rings. The molecule has 0 radical (unpaired) electrons. The molecule has 8 heteroatoms. The Morgan fingerprint density at radius 3 is 2.81 bits per heavy atom. The zero-order chi connectivity index (χ0) is 21.5. The van der Waals surface area contributed by atoms with Gasteiger partial charge >= 0.3 is 0 Å². The summed E-state index contributed by atoms with van der Waals surface area (Å²) in [7, 11) is 0. The van der Waals surface area contributed by atoms with Gasteiger partial charge in [0.25, 0.3) is 5.56 Å². The van der Waals surface area contributed by atoms with Crippen molar-refractivity contribution in [2.75, 3.05) is 5.75 Å². The van der Waals surface area contributed by atoms with Gasteiger partial charge in [0.15, 0.2) is 5.16 Å².